The maximum atomic E-state index is 13.8. The van der Waals surface area contributed by atoms with Crippen molar-refractivity contribution in [3.63, 3.8) is 0 Å². The van der Waals surface area contributed by atoms with Crippen LogP contribution in [0.15, 0.2) is 18.2 Å². The Morgan fingerprint density at radius 2 is 2.00 bits per heavy atom. The Kier molecular flexibility index (Phi) is 6.34. The van der Waals surface area contributed by atoms with Crippen molar-refractivity contribution in [2.45, 2.75) is 27.2 Å². The second-order valence-corrected chi connectivity index (χ2v) is 5.45. The van der Waals surface area contributed by atoms with Crippen molar-refractivity contribution in [2.75, 3.05) is 20.2 Å². The van der Waals surface area contributed by atoms with Crippen LogP contribution >= 0.6 is 0 Å². The third kappa shape index (κ3) is 5.17. The smallest absolute Gasteiger partial charge is 0.307 e. The molecule has 0 saturated carbocycles. The summed E-state index contributed by atoms with van der Waals surface area (Å²) >= 11 is 0. The Bertz CT molecular complexity index is 514. The molecular weight excluding hydrogens is 273 g/mol. The van der Waals surface area contributed by atoms with Gasteiger partial charge >= 0.3 is 5.97 Å². The number of amides is 1. The quantitative estimate of drug-likeness (QED) is 0.758. The highest BCUT2D eigenvalue weighted by molar-refractivity contribution is 5.94. The minimum atomic E-state index is -0.544. The maximum Gasteiger partial charge on any atom is 0.307 e. The van der Waals surface area contributed by atoms with Gasteiger partial charge in [0.25, 0.3) is 5.91 Å². The number of rotatable bonds is 6. The topological polar surface area (TPSA) is 46.6 Å². The number of methoxy groups -OCH3 is 1. The van der Waals surface area contributed by atoms with Crippen LogP contribution < -0.4 is 0 Å². The Hall–Kier alpha value is -1.91. The Balaban J connectivity index is 2.93. The molecule has 1 aromatic rings. The summed E-state index contributed by atoms with van der Waals surface area (Å²) in [4.78, 5) is 25.2. The second kappa shape index (κ2) is 7.76. The van der Waals surface area contributed by atoms with E-state index >= 15 is 0 Å². The van der Waals surface area contributed by atoms with E-state index in [4.69, 9.17) is 0 Å². The van der Waals surface area contributed by atoms with Crippen LogP contribution in [-0.2, 0) is 9.53 Å². The van der Waals surface area contributed by atoms with Crippen molar-refractivity contribution in [3.05, 3.63) is 35.1 Å². The lowest BCUT2D eigenvalue weighted by Crippen LogP contribution is -2.36. The molecule has 1 aromatic carbocycles. The molecule has 0 aliphatic heterocycles. The van der Waals surface area contributed by atoms with Crippen molar-refractivity contribution in [1.82, 2.24) is 4.90 Å². The van der Waals surface area contributed by atoms with E-state index in [-0.39, 0.29) is 30.4 Å². The second-order valence-electron chi connectivity index (χ2n) is 5.45. The Morgan fingerprint density at radius 3 is 2.57 bits per heavy atom. The first-order chi connectivity index (χ1) is 9.85. The van der Waals surface area contributed by atoms with Gasteiger partial charge in [-0.25, -0.2) is 4.39 Å². The lowest BCUT2D eigenvalue weighted by molar-refractivity contribution is -0.140. The Morgan fingerprint density at radius 1 is 1.33 bits per heavy atom. The first kappa shape index (κ1) is 17.1. The molecule has 21 heavy (non-hydrogen) atoms. The highest BCUT2D eigenvalue weighted by Gasteiger charge is 2.21. The molecule has 0 radical (unpaired) electrons. The molecule has 4 nitrogen and oxygen atoms in total. The van der Waals surface area contributed by atoms with E-state index in [9.17, 15) is 14.0 Å². The molecule has 0 aliphatic carbocycles. The highest BCUT2D eigenvalue weighted by atomic mass is 19.1. The van der Waals surface area contributed by atoms with Crippen LogP contribution in [0.4, 0.5) is 4.39 Å². The number of benzene rings is 1. The van der Waals surface area contributed by atoms with E-state index in [0.717, 1.165) is 5.56 Å². The average Bonchev–Trinajstić information content (AvgIpc) is 2.44. The number of hydrogen-bond acceptors (Lipinski definition) is 3. The summed E-state index contributed by atoms with van der Waals surface area (Å²) in [6, 6.07) is 4.44. The van der Waals surface area contributed by atoms with Gasteiger partial charge in [-0.2, -0.15) is 0 Å². The van der Waals surface area contributed by atoms with Crippen LogP contribution in [0.2, 0.25) is 0 Å². The van der Waals surface area contributed by atoms with Crippen LogP contribution in [0.25, 0.3) is 0 Å². The lowest BCUT2D eigenvalue weighted by Gasteiger charge is -2.24. The van der Waals surface area contributed by atoms with Crippen molar-refractivity contribution < 1.29 is 18.7 Å². The minimum absolute atomic E-state index is 0.0421. The van der Waals surface area contributed by atoms with Gasteiger partial charge in [0.1, 0.15) is 5.82 Å². The first-order valence-corrected chi connectivity index (χ1v) is 6.97. The summed E-state index contributed by atoms with van der Waals surface area (Å²) in [7, 11) is 1.30. The fourth-order valence-corrected chi connectivity index (χ4v) is 2.02. The van der Waals surface area contributed by atoms with Gasteiger partial charge in [0.2, 0.25) is 0 Å². The SMILES string of the molecule is COC(=O)CCN(CC(C)C)C(=O)c1cc(C)ccc1F. The van der Waals surface area contributed by atoms with Gasteiger partial charge in [-0.05, 0) is 25.0 Å². The lowest BCUT2D eigenvalue weighted by atomic mass is 10.1. The number of hydrogen-bond donors (Lipinski definition) is 0. The number of aryl methyl sites for hydroxylation is 1. The highest BCUT2D eigenvalue weighted by Crippen LogP contribution is 2.14. The third-order valence-corrected chi connectivity index (χ3v) is 3.04. The van der Waals surface area contributed by atoms with Crippen molar-refractivity contribution in [3.8, 4) is 0 Å². The van der Waals surface area contributed by atoms with Gasteiger partial charge in [-0.3, -0.25) is 9.59 Å². The van der Waals surface area contributed by atoms with E-state index in [0.29, 0.717) is 6.54 Å². The van der Waals surface area contributed by atoms with Crippen LogP contribution in [0.5, 0.6) is 0 Å². The van der Waals surface area contributed by atoms with E-state index in [1.807, 2.05) is 13.8 Å². The summed E-state index contributed by atoms with van der Waals surface area (Å²) in [5.41, 5.74) is 0.859. The van der Waals surface area contributed by atoms with Crippen molar-refractivity contribution >= 4 is 11.9 Å². The molecule has 0 saturated heterocycles. The zero-order valence-corrected chi connectivity index (χ0v) is 13.0. The van der Waals surface area contributed by atoms with E-state index in [2.05, 4.69) is 4.74 Å². The molecule has 0 atom stereocenters. The largest absolute Gasteiger partial charge is 0.469 e. The summed E-state index contributed by atoms with van der Waals surface area (Å²) in [6.45, 7) is 6.41. The van der Waals surface area contributed by atoms with Gasteiger partial charge in [-0.1, -0.05) is 25.5 Å². The molecule has 0 aromatic heterocycles. The predicted molar refractivity (Wildman–Crippen MR) is 78.5 cm³/mol. The molecule has 0 unspecified atom stereocenters. The maximum absolute atomic E-state index is 13.8. The predicted octanol–water partition coefficient (Wildman–Crippen LogP) is 2.80. The summed E-state index contributed by atoms with van der Waals surface area (Å²) in [5, 5.41) is 0. The van der Waals surface area contributed by atoms with E-state index in [1.165, 1.54) is 24.1 Å². The third-order valence-electron chi connectivity index (χ3n) is 3.04. The van der Waals surface area contributed by atoms with Crippen LogP contribution in [0.1, 0.15) is 36.2 Å². The number of carbonyl (C=O) groups is 2. The molecule has 0 fully saturated rings. The van der Waals surface area contributed by atoms with Gasteiger partial charge in [-0.15, -0.1) is 0 Å². The summed E-state index contributed by atoms with van der Waals surface area (Å²) in [6.07, 6.45) is 0.0996. The standard InChI is InChI=1S/C16H22FNO3/c1-11(2)10-18(8-7-15(19)21-4)16(20)13-9-12(3)5-6-14(13)17/h5-6,9,11H,7-8,10H2,1-4H3. The molecule has 1 amide bonds. The number of halogens is 1. The number of ether oxygens (including phenoxy) is 1. The molecule has 5 heteroatoms. The van der Waals surface area contributed by atoms with Crippen LogP contribution in [0.3, 0.4) is 0 Å². The average molecular weight is 295 g/mol. The summed E-state index contributed by atoms with van der Waals surface area (Å²) < 4.78 is 18.4. The van der Waals surface area contributed by atoms with Crippen molar-refractivity contribution in [2.24, 2.45) is 5.92 Å². The normalized spacial score (nSPS) is 10.6. The molecule has 0 aliphatic rings. The van der Waals surface area contributed by atoms with Gasteiger partial charge < -0.3 is 9.64 Å². The molecule has 0 bridgehead atoms. The van der Waals surface area contributed by atoms with Gasteiger partial charge in [0.15, 0.2) is 0 Å². The number of esters is 1. The fraction of sp³-hybridized carbons (Fsp3) is 0.500. The molecule has 0 spiro atoms. The fourth-order valence-electron chi connectivity index (χ4n) is 2.02. The monoisotopic (exact) mass is 295 g/mol. The zero-order valence-electron chi connectivity index (χ0n) is 13.0. The van der Waals surface area contributed by atoms with Gasteiger partial charge in [0, 0.05) is 13.1 Å². The summed E-state index contributed by atoms with van der Waals surface area (Å²) in [5.74, 6) is -1.10. The molecular formula is C16H22FNO3. The van der Waals surface area contributed by atoms with Crippen LogP contribution in [0, 0.1) is 18.7 Å². The first-order valence-electron chi connectivity index (χ1n) is 6.97. The minimum Gasteiger partial charge on any atom is -0.469 e. The van der Waals surface area contributed by atoms with Crippen molar-refractivity contribution in [1.29, 1.82) is 0 Å². The zero-order chi connectivity index (χ0) is 16.0. The molecule has 116 valence electrons. The van der Waals surface area contributed by atoms with E-state index in [1.54, 1.807) is 13.0 Å². The Labute approximate surface area is 124 Å². The van der Waals surface area contributed by atoms with E-state index < -0.39 is 11.7 Å². The van der Waals surface area contributed by atoms with Gasteiger partial charge in [0.05, 0.1) is 19.1 Å². The molecule has 1 rings (SSSR count). The molecule has 0 heterocycles. The number of carbonyl (C=O) groups excluding carboxylic acids is 2. The van der Waals surface area contributed by atoms with Crippen LogP contribution in [-0.4, -0.2) is 37.0 Å². The number of nitrogens with zero attached hydrogens (tertiary/aromatic N) is 1. The molecule has 0 N–H and O–H groups in total.